The number of nitrogens with zero attached hydrogens (tertiary/aromatic N) is 3. The fourth-order valence-electron chi connectivity index (χ4n) is 3.89. The molecule has 30 heavy (non-hydrogen) atoms. The summed E-state index contributed by atoms with van der Waals surface area (Å²) in [6.45, 7) is 4.76. The second-order valence-corrected chi connectivity index (χ2v) is 9.79. The van der Waals surface area contributed by atoms with Gasteiger partial charge in [-0.2, -0.15) is 17.0 Å². The molecule has 2 aliphatic heterocycles. The summed E-state index contributed by atoms with van der Waals surface area (Å²) in [5.74, 6) is -0.695. The number of nitrogens with one attached hydrogen (secondary N) is 1. The van der Waals surface area contributed by atoms with Crippen molar-refractivity contribution in [2.24, 2.45) is 5.73 Å². The molecule has 2 amide bonds. The maximum Gasteiger partial charge on any atom is 0.282 e. The third-order valence-electron chi connectivity index (χ3n) is 5.85. The van der Waals surface area contributed by atoms with E-state index in [1.807, 2.05) is 11.8 Å². The zero-order chi connectivity index (χ0) is 21.7. The number of hydrogen-bond acceptors (Lipinski definition) is 5. The van der Waals surface area contributed by atoms with Crippen LogP contribution in [0.1, 0.15) is 43.0 Å². The van der Waals surface area contributed by atoms with Gasteiger partial charge >= 0.3 is 0 Å². The number of primary amides is 1. The molecule has 9 nitrogen and oxygen atoms in total. The molecular weight excluding hydrogens is 406 g/mol. The van der Waals surface area contributed by atoms with E-state index in [0.29, 0.717) is 50.5 Å². The van der Waals surface area contributed by atoms with Gasteiger partial charge in [-0.3, -0.25) is 14.5 Å². The van der Waals surface area contributed by atoms with Crippen LogP contribution in [0.25, 0.3) is 0 Å². The minimum absolute atomic E-state index is 0.175. The molecular formula is C20H31N5O4S. The zero-order valence-electron chi connectivity index (χ0n) is 17.4. The van der Waals surface area contributed by atoms with Gasteiger partial charge in [-0.05, 0) is 44.0 Å². The molecule has 3 rings (SSSR count). The largest absolute Gasteiger partial charge is 0.366 e. The molecule has 0 spiro atoms. The molecule has 1 aromatic rings. The van der Waals surface area contributed by atoms with E-state index in [1.54, 1.807) is 32.9 Å². The average molecular weight is 438 g/mol. The molecule has 0 bridgehead atoms. The number of carbonyl (C=O) groups is 2. The Morgan fingerprint density at radius 2 is 1.43 bits per heavy atom. The molecule has 0 saturated carbocycles. The number of nitrogens with two attached hydrogens (primary N) is 1. The first-order valence-corrected chi connectivity index (χ1v) is 11.9. The summed E-state index contributed by atoms with van der Waals surface area (Å²) in [4.78, 5) is 25.7. The van der Waals surface area contributed by atoms with Crippen LogP contribution in [0.4, 0.5) is 5.69 Å². The van der Waals surface area contributed by atoms with E-state index >= 15 is 0 Å². The fraction of sp³-hybridized carbons (Fsp3) is 0.600. The van der Waals surface area contributed by atoms with Gasteiger partial charge < -0.3 is 11.1 Å². The first-order chi connectivity index (χ1) is 14.3. The molecule has 3 N–H and O–H groups in total. The van der Waals surface area contributed by atoms with E-state index in [1.165, 1.54) is 0 Å². The van der Waals surface area contributed by atoms with Gasteiger partial charge in [0.2, 0.25) is 11.8 Å². The van der Waals surface area contributed by atoms with Gasteiger partial charge in [0, 0.05) is 50.5 Å². The van der Waals surface area contributed by atoms with Crippen molar-refractivity contribution in [3.63, 3.8) is 0 Å². The van der Waals surface area contributed by atoms with Crippen molar-refractivity contribution in [1.29, 1.82) is 0 Å². The Labute approximate surface area is 178 Å². The maximum atomic E-state index is 12.9. The second-order valence-electron chi connectivity index (χ2n) is 7.86. The van der Waals surface area contributed by atoms with Crippen LogP contribution in [-0.2, 0) is 15.0 Å². The van der Waals surface area contributed by atoms with E-state index in [0.717, 1.165) is 25.7 Å². The summed E-state index contributed by atoms with van der Waals surface area (Å²) in [7, 11) is -3.44. The molecule has 2 aliphatic rings. The number of hydrogen-bond donors (Lipinski definition) is 2. The van der Waals surface area contributed by atoms with Gasteiger partial charge in [-0.15, -0.1) is 0 Å². The molecule has 1 unspecified atom stereocenters. The Hall–Kier alpha value is -2.01. The topological polar surface area (TPSA) is 116 Å². The lowest BCUT2D eigenvalue weighted by molar-refractivity contribution is -0.121. The number of anilines is 1. The van der Waals surface area contributed by atoms with E-state index < -0.39 is 22.2 Å². The molecule has 2 heterocycles. The molecule has 0 aliphatic carbocycles. The summed E-state index contributed by atoms with van der Waals surface area (Å²) in [6.07, 6.45) is 3.99. The smallest absolute Gasteiger partial charge is 0.282 e. The predicted molar refractivity (Wildman–Crippen MR) is 115 cm³/mol. The number of piperazine rings is 1. The van der Waals surface area contributed by atoms with E-state index in [-0.39, 0.29) is 5.91 Å². The standard InChI is InChI=1S/C20H31N5O4S/c1-16(20(27)22-18-8-6-17(7-9-18)19(21)26)23-12-14-25(15-13-23)30(28,29)24-10-4-2-3-5-11-24/h6-9,16H,2-5,10-15H2,1H3,(H2,21,26)(H,22,27). The Bertz CT molecular complexity index is 842. The van der Waals surface area contributed by atoms with Crippen LogP contribution in [0.5, 0.6) is 0 Å². The van der Waals surface area contributed by atoms with Gasteiger partial charge in [-0.25, -0.2) is 0 Å². The Morgan fingerprint density at radius 1 is 0.900 bits per heavy atom. The summed E-state index contributed by atoms with van der Waals surface area (Å²) in [5, 5.41) is 2.83. The Kier molecular flexibility index (Phi) is 7.45. The highest BCUT2D eigenvalue weighted by atomic mass is 32.2. The van der Waals surface area contributed by atoms with E-state index in [9.17, 15) is 18.0 Å². The molecule has 10 heteroatoms. The molecule has 2 fully saturated rings. The lowest BCUT2D eigenvalue weighted by atomic mass is 10.2. The van der Waals surface area contributed by atoms with Crippen LogP contribution >= 0.6 is 0 Å². The van der Waals surface area contributed by atoms with Crippen molar-refractivity contribution in [3.8, 4) is 0 Å². The lowest BCUT2D eigenvalue weighted by Crippen LogP contribution is -2.56. The average Bonchev–Trinajstić information content (AvgIpc) is 3.04. The minimum Gasteiger partial charge on any atom is -0.366 e. The summed E-state index contributed by atoms with van der Waals surface area (Å²) in [5.41, 5.74) is 6.19. The molecule has 166 valence electrons. The normalized spacial score (nSPS) is 21.0. The van der Waals surface area contributed by atoms with Crippen LogP contribution in [-0.4, -0.2) is 79.1 Å². The predicted octanol–water partition coefficient (Wildman–Crippen LogP) is 0.851. The van der Waals surface area contributed by atoms with Crippen LogP contribution < -0.4 is 11.1 Å². The Morgan fingerprint density at radius 3 is 1.97 bits per heavy atom. The van der Waals surface area contributed by atoms with Gasteiger partial charge in [0.15, 0.2) is 0 Å². The summed E-state index contributed by atoms with van der Waals surface area (Å²) < 4.78 is 29.0. The summed E-state index contributed by atoms with van der Waals surface area (Å²) in [6, 6.07) is 6.00. The molecule has 0 radical (unpaired) electrons. The highest BCUT2D eigenvalue weighted by Crippen LogP contribution is 2.19. The maximum absolute atomic E-state index is 12.9. The van der Waals surface area contributed by atoms with Crippen LogP contribution in [0.15, 0.2) is 24.3 Å². The number of amides is 2. The molecule has 1 atom stereocenters. The highest BCUT2D eigenvalue weighted by molar-refractivity contribution is 7.86. The van der Waals surface area contributed by atoms with Crippen LogP contribution in [0.3, 0.4) is 0 Å². The van der Waals surface area contributed by atoms with Crippen molar-refractivity contribution >= 4 is 27.7 Å². The highest BCUT2D eigenvalue weighted by Gasteiger charge is 2.34. The first-order valence-electron chi connectivity index (χ1n) is 10.5. The van der Waals surface area contributed by atoms with Gasteiger partial charge in [0.1, 0.15) is 0 Å². The van der Waals surface area contributed by atoms with E-state index in [4.69, 9.17) is 5.73 Å². The third kappa shape index (κ3) is 5.37. The van der Waals surface area contributed by atoms with Crippen LogP contribution in [0.2, 0.25) is 0 Å². The monoisotopic (exact) mass is 437 g/mol. The van der Waals surface area contributed by atoms with Crippen molar-refractivity contribution in [3.05, 3.63) is 29.8 Å². The van der Waals surface area contributed by atoms with Gasteiger partial charge in [-0.1, -0.05) is 12.8 Å². The molecule has 0 aromatic heterocycles. The lowest BCUT2D eigenvalue weighted by Gasteiger charge is -2.38. The second kappa shape index (κ2) is 9.86. The molecule has 2 saturated heterocycles. The van der Waals surface area contributed by atoms with Crippen molar-refractivity contribution in [2.45, 2.75) is 38.6 Å². The van der Waals surface area contributed by atoms with Gasteiger partial charge in [0.05, 0.1) is 6.04 Å². The Balaban J connectivity index is 1.53. The van der Waals surface area contributed by atoms with Crippen LogP contribution in [0, 0.1) is 0 Å². The fourth-order valence-corrected chi connectivity index (χ4v) is 5.56. The minimum atomic E-state index is -3.44. The SMILES string of the molecule is CC(C(=O)Nc1ccc(C(N)=O)cc1)N1CCN(S(=O)(=O)N2CCCCCC2)CC1. The van der Waals surface area contributed by atoms with Crippen molar-refractivity contribution in [2.75, 3.05) is 44.6 Å². The van der Waals surface area contributed by atoms with Crippen molar-refractivity contribution < 1.29 is 18.0 Å². The number of carbonyl (C=O) groups excluding carboxylic acids is 2. The third-order valence-corrected chi connectivity index (χ3v) is 7.89. The van der Waals surface area contributed by atoms with E-state index in [2.05, 4.69) is 5.32 Å². The first kappa shape index (κ1) is 22.7. The van der Waals surface area contributed by atoms with Gasteiger partial charge in [0.25, 0.3) is 10.2 Å². The van der Waals surface area contributed by atoms with Crippen molar-refractivity contribution in [1.82, 2.24) is 13.5 Å². The summed E-state index contributed by atoms with van der Waals surface area (Å²) >= 11 is 0. The quantitative estimate of drug-likeness (QED) is 0.684. The number of rotatable bonds is 6. The zero-order valence-corrected chi connectivity index (χ0v) is 18.2. The number of benzene rings is 1. The molecule has 1 aromatic carbocycles.